The van der Waals surface area contributed by atoms with E-state index in [9.17, 15) is 0 Å². The van der Waals surface area contributed by atoms with Gasteiger partial charge in [0, 0.05) is 18.6 Å². The van der Waals surface area contributed by atoms with Crippen molar-refractivity contribution in [1.82, 2.24) is 10.2 Å². The molecule has 106 valence electrons. The van der Waals surface area contributed by atoms with Gasteiger partial charge < -0.3 is 5.32 Å². The van der Waals surface area contributed by atoms with E-state index in [-0.39, 0.29) is 0 Å². The van der Waals surface area contributed by atoms with Crippen LogP contribution in [0.1, 0.15) is 60.3 Å². The van der Waals surface area contributed by atoms with E-state index in [0.717, 1.165) is 18.6 Å². The minimum atomic E-state index is 0.526. The summed E-state index contributed by atoms with van der Waals surface area (Å²) in [6.45, 7) is 15.7. The van der Waals surface area contributed by atoms with Gasteiger partial charge in [0.15, 0.2) is 0 Å². The zero-order chi connectivity index (χ0) is 13.4. The third kappa shape index (κ3) is 3.27. The Labute approximate surface area is 114 Å². The molecule has 0 aromatic heterocycles. The highest BCUT2D eigenvalue weighted by molar-refractivity contribution is 4.97. The molecule has 0 amide bonds. The van der Waals surface area contributed by atoms with Crippen LogP contribution in [0.2, 0.25) is 0 Å². The van der Waals surface area contributed by atoms with Gasteiger partial charge in [-0.15, -0.1) is 0 Å². The summed E-state index contributed by atoms with van der Waals surface area (Å²) in [6.07, 6.45) is 5.45. The molecule has 2 fully saturated rings. The fourth-order valence-corrected chi connectivity index (χ4v) is 3.87. The second kappa shape index (κ2) is 5.13. The molecule has 1 aliphatic carbocycles. The third-order valence-corrected chi connectivity index (χ3v) is 5.00. The molecule has 0 aromatic carbocycles. The van der Waals surface area contributed by atoms with Crippen molar-refractivity contribution < 1.29 is 0 Å². The van der Waals surface area contributed by atoms with Gasteiger partial charge >= 0.3 is 0 Å². The van der Waals surface area contributed by atoms with Crippen LogP contribution in [0.25, 0.3) is 0 Å². The summed E-state index contributed by atoms with van der Waals surface area (Å²) < 4.78 is 0. The van der Waals surface area contributed by atoms with Crippen molar-refractivity contribution in [2.45, 2.75) is 72.4 Å². The molecular formula is C16H32N2. The smallest absolute Gasteiger partial charge is 0.0254 e. The molecule has 2 unspecified atom stereocenters. The Morgan fingerprint density at radius 3 is 2.39 bits per heavy atom. The Hall–Kier alpha value is -0.0800. The van der Waals surface area contributed by atoms with Gasteiger partial charge in [-0.05, 0) is 49.6 Å². The zero-order valence-electron chi connectivity index (χ0n) is 13.1. The molecule has 1 saturated heterocycles. The maximum absolute atomic E-state index is 3.73. The second-order valence-electron chi connectivity index (χ2n) is 8.02. The predicted octanol–water partition coefficient (Wildman–Crippen LogP) is 3.28. The Morgan fingerprint density at radius 2 is 1.83 bits per heavy atom. The number of hydrogen-bond donors (Lipinski definition) is 1. The summed E-state index contributed by atoms with van der Waals surface area (Å²) in [5.74, 6) is 0. The van der Waals surface area contributed by atoms with Gasteiger partial charge in [0.1, 0.15) is 0 Å². The van der Waals surface area contributed by atoms with Crippen molar-refractivity contribution in [3.05, 3.63) is 0 Å². The normalized spacial score (nSPS) is 35.8. The summed E-state index contributed by atoms with van der Waals surface area (Å²) in [5, 5.41) is 3.73. The zero-order valence-corrected chi connectivity index (χ0v) is 13.1. The Kier molecular flexibility index (Phi) is 4.08. The van der Waals surface area contributed by atoms with Crippen LogP contribution in [-0.2, 0) is 0 Å². The van der Waals surface area contributed by atoms with Crippen LogP contribution in [-0.4, -0.2) is 36.6 Å². The van der Waals surface area contributed by atoms with E-state index in [4.69, 9.17) is 0 Å². The van der Waals surface area contributed by atoms with Crippen molar-refractivity contribution in [3.8, 4) is 0 Å². The summed E-state index contributed by atoms with van der Waals surface area (Å²) in [6, 6.07) is 1.48. The predicted molar refractivity (Wildman–Crippen MR) is 78.9 cm³/mol. The summed E-state index contributed by atoms with van der Waals surface area (Å²) in [7, 11) is 0. The van der Waals surface area contributed by atoms with Gasteiger partial charge in [0.2, 0.25) is 0 Å². The molecular weight excluding hydrogens is 220 g/mol. The van der Waals surface area contributed by atoms with E-state index in [1.54, 1.807) is 0 Å². The third-order valence-electron chi connectivity index (χ3n) is 5.00. The van der Waals surface area contributed by atoms with Crippen LogP contribution in [0.15, 0.2) is 0 Å². The van der Waals surface area contributed by atoms with Gasteiger partial charge in [0.25, 0.3) is 0 Å². The standard InChI is InChI=1S/C16H32N2/c1-6-17-13-7-8-15(2,3)11-14(13)18-10-9-16(4,5)12-18/h13-14,17H,6-12H2,1-5H3. The highest BCUT2D eigenvalue weighted by atomic mass is 15.2. The van der Waals surface area contributed by atoms with Crippen molar-refractivity contribution in [1.29, 1.82) is 0 Å². The van der Waals surface area contributed by atoms with Crippen LogP contribution >= 0.6 is 0 Å². The van der Waals surface area contributed by atoms with Crippen molar-refractivity contribution in [2.24, 2.45) is 10.8 Å². The van der Waals surface area contributed by atoms with E-state index in [1.165, 1.54) is 38.8 Å². The number of rotatable bonds is 3. The summed E-state index contributed by atoms with van der Waals surface area (Å²) >= 11 is 0. The largest absolute Gasteiger partial charge is 0.313 e. The SMILES string of the molecule is CCNC1CCC(C)(C)CC1N1CCC(C)(C)C1. The quantitative estimate of drug-likeness (QED) is 0.829. The molecule has 1 aliphatic heterocycles. The lowest BCUT2D eigenvalue weighted by atomic mass is 9.72. The molecule has 1 saturated carbocycles. The van der Waals surface area contributed by atoms with Gasteiger partial charge in [-0.25, -0.2) is 0 Å². The fraction of sp³-hybridized carbons (Fsp3) is 1.00. The van der Waals surface area contributed by atoms with Gasteiger partial charge in [0.05, 0.1) is 0 Å². The van der Waals surface area contributed by atoms with Crippen molar-refractivity contribution >= 4 is 0 Å². The topological polar surface area (TPSA) is 15.3 Å². The molecule has 0 bridgehead atoms. The van der Waals surface area contributed by atoms with Crippen LogP contribution in [0, 0.1) is 10.8 Å². The molecule has 2 aliphatic rings. The van der Waals surface area contributed by atoms with Crippen LogP contribution in [0.4, 0.5) is 0 Å². The Morgan fingerprint density at radius 1 is 1.11 bits per heavy atom. The summed E-state index contributed by atoms with van der Waals surface area (Å²) in [4.78, 5) is 2.77. The second-order valence-corrected chi connectivity index (χ2v) is 8.02. The molecule has 2 rings (SSSR count). The Balaban J connectivity index is 2.05. The van der Waals surface area contributed by atoms with E-state index < -0.39 is 0 Å². The lowest BCUT2D eigenvalue weighted by Gasteiger charge is -2.45. The molecule has 18 heavy (non-hydrogen) atoms. The number of likely N-dealkylation sites (tertiary alicyclic amines) is 1. The first-order valence-corrected chi connectivity index (χ1v) is 7.80. The number of nitrogens with one attached hydrogen (secondary N) is 1. The molecule has 1 N–H and O–H groups in total. The first-order valence-electron chi connectivity index (χ1n) is 7.80. The highest BCUT2D eigenvalue weighted by Crippen LogP contribution is 2.40. The Bertz CT molecular complexity index is 283. The van der Waals surface area contributed by atoms with Gasteiger partial charge in [-0.2, -0.15) is 0 Å². The summed E-state index contributed by atoms with van der Waals surface area (Å²) in [5.41, 5.74) is 1.06. The average molecular weight is 252 g/mol. The average Bonchev–Trinajstić information content (AvgIpc) is 2.61. The molecule has 2 heteroatoms. The van der Waals surface area contributed by atoms with Crippen LogP contribution in [0.5, 0.6) is 0 Å². The minimum absolute atomic E-state index is 0.526. The van der Waals surface area contributed by atoms with E-state index >= 15 is 0 Å². The van der Waals surface area contributed by atoms with Crippen LogP contribution in [0.3, 0.4) is 0 Å². The lowest BCUT2D eigenvalue weighted by Crippen LogP contribution is -2.54. The molecule has 0 aromatic rings. The van der Waals surface area contributed by atoms with Gasteiger partial charge in [-0.3, -0.25) is 4.90 Å². The first kappa shape index (κ1) is 14.3. The number of hydrogen-bond acceptors (Lipinski definition) is 2. The van der Waals surface area contributed by atoms with Crippen molar-refractivity contribution in [3.63, 3.8) is 0 Å². The monoisotopic (exact) mass is 252 g/mol. The highest BCUT2D eigenvalue weighted by Gasteiger charge is 2.41. The molecule has 2 nitrogen and oxygen atoms in total. The van der Waals surface area contributed by atoms with E-state index in [1.807, 2.05) is 0 Å². The first-order chi connectivity index (χ1) is 8.33. The maximum Gasteiger partial charge on any atom is 0.0254 e. The van der Waals surface area contributed by atoms with Crippen molar-refractivity contribution in [2.75, 3.05) is 19.6 Å². The van der Waals surface area contributed by atoms with Crippen LogP contribution < -0.4 is 5.32 Å². The molecule has 2 atom stereocenters. The fourth-order valence-electron chi connectivity index (χ4n) is 3.87. The lowest BCUT2D eigenvalue weighted by molar-refractivity contribution is 0.0751. The maximum atomic E-state index is 3.73. The van der Waals surface area contributed by atoms with E-state index in [2.05, 4.69) is 44.8 Å². The van der Waals surface area contributed by atoms with Gasteiger partial charge in [-0.1, -0.05) is 34.6 Å². The molecule has 0 radical (unpaired) electrons. The molecule has 1 heterocycles. The molecule has 0 spiro atoms. The minimum Gasteiger partial charge on any atom is -0.313 e. The van der Waals surface area contributed by atoms with E-state index in [0.29, 0.717) is 10.8 Å². The number of nitrogens with zero attached hydrogens (tertiary/aromatic N) is 1. The number of likely N-dealkylation sites (N-methyl/N-ethyl adjacent to an activating group) is 1.